The van der Waals surface area contributed by atoms with Crippen LogP contribution in [-0.2, 0) is 0 Å². The first-order valence-corrected chi connectivity index (χ1v) is 6.94. The number of nitrogens with zero attached hydrogens (tertiary/aromatic N) is 2. The first-order valence-electron chi connectivity index (χ1n) is 6.15. The van der Waals surface area contributed by atoms with E-state index in [2.05, 4.69) is 27.3 Å². The Balaban J connectivity index is 2.24. The van der Waals surface area contributed by atoms with Gasteiger partial charge in [-0.1, -0.05) is 0 Å². The fraction of sp³-hybridized carbons (Fsp3) is 0.385. The summed E-state index contributed by atoms with van der Waals surface area (Å²) in [5.74, 6) is -0.455. The minimum absolute atomic E-state index is 0.171. The van der Waals surface area contributed by atoms with Gasteiger partial charge in [-0.2, -0.15) is 5.26 Å². The summed E-state index contributed by atoms with van der Waals surface area (Å²) in [7, 11) is 0. The van der Waals surface area contributed by atoms with Crippen LogP contribution in [0.1, 0.15) is 36.0 Å². The molecule has 1 aromatic carbocycles. The van der Waals surface area contributed by atoms with Crippen LogP contribution >= 0.6 is 15.9 Å². The number of nitro benzene ring substituents is 1. The van der Waals surface area contributed by atoms with Crippen molar-refractivity contribution < 1.29 is 9.72 Å². The van der Waals surface area contributed by atoms with Gasteiger partial charge >= 0.3 is 0 Å². The Hall–Kier alpha value is -1.94. The summed E-state index contributed by atoms with van der Waals surface area (Å²) in [4.78, 5) is 22.4. The summed E-state index contributed by atoms with van der Waals surface area (Å²) < 4.78 is 0.315. The molecule has 1 aliphatic carbocycles. The molecule has 0 aliphatic heterocycles. The summed E-state index contributed by atoms with van der Waals surface area (Å²) in [6.45, 7) is 0. The molecule has 6 nitrogen and oxygen atoms in total. The molecule has 1 fully saturated rings. The van der Waals surface area contributed by atoms with Gasteiger partial charge in [0.15, 0.2) is 0 Å². The van der Waals surface area contributed by atoms with Crippen LogP contribution in [0.15, 0.2) is 22.7 Å². The van der Waals surface area contributed by atoms with Gasteiger partial charge in [-0.05, 0) is 53.7 Å². The number of amides is 1. The Morgan fingerprint density at radius 2 is 2.10 bits per heavy atom. The monoisotopic (exact) mass is 337 g/mol. The number of halogens is 1. The number of nitro groups is 1. The standard InChI is InChI=1S/C13H12BrN3O3/c14-10-4-3-9(7-11(10)17(19)20)12(18)16-13(8-15)5-1-2-6-13/h3-4,7H,1-2,5-6H2,(H,16,18). The summed E-state index contributed by atoms with van der Waals surface area (Å²) in [6.07, 6.45) is 3.03. The van der Waals surface area contributed by atoms with Crippen molar-refractivity contribution in [3.8, 4) is 6.07 Å². The highest BCUT2D eigenvalue weighted by molar-refractivity contribution is 9.10. The van der Waals surface area contributed by atoms with Crippen LogP contribution in [0.5, 0.6) is 0 Å². The molecular weight excluding hydrogens is 326 g/mol. The lowest BCUT2D eigenvalue weighted by molar-refractivity contribution is -0.385. The van der Waals surface area contributed by atoms with Crippen molar-refractivity contribution in [3.05, 3.63) is 38.3 Å². The van der Waals surface area contributed by atoms with Crippen molar-refractivity contribution in [1.82, 2.24) is 5.32 Å². The number of rotatable bonds is 3. The van der Waals surface area contributed by atoms with Gasteiger partial charge in [-0.15, -0.1) is 0 Å². The third kappa shape index (κ3) is 2.80. The molecule has 1 saturated carbocycles. The molecule has 1 aromatic rings. The zero-order chi connectivity index (χ0) is 14.8. The molecule has 7 heteroatoms. The largest absolute Gasteiger partial charge is 0.334 e. The molecule has 0 aromatic heterocycles. The van der Waals surface area contributed by atoms with E-state index in [1.807, 2.05) is 0 Å². The number of hydrogen-bond acceptors (Lipinski definition) is 4. The maximum Gasteiger partial charge on any atom is 0.284 e. The number of carbonyl (C=O) groups excluding carboxylic acids is 1. The Morgan fingerprint density at radius 1 is 1.45 bits per heavy atom. The van der Waals surface area contributed by atoms with Gasteiger partial charge < -0.3 is 5.32 Å². The quantitative estimate of drug-likeness (QED) is 0.677. The van der Waals surface area contributed by atoms with Crippen molar-refractivity contribution in [3.63, 3.8) is 0 Å². The Morgan fingerprint density at radius 3 is 2.65 bits per heavy atom. The van der Waals surface area contributed by atoms with E-state index in [-0.39, 0.29) is 11.3 Å². The maximum absolute atomic E-state index is 12.2. The van der Waals surface area contributed by atoms with Gasteiger partial charge in [-0.25, -0.2) is 0 Å². The molecular formula is C13H12BrN3O3. The molecule has 0 unspecified atom stereocenters. The van der Waals surface area contributed by atoms with Crippen molar-refractivity contribution in [1.29, 1.82) is 5.26 Å². The molecule has 104 valence electrons. The molecule has 1 amide bonds. The van der Waals surface area contributed by atoms with Gasteiger partial charge in [0, 0.05) is 11.6 Å². The summed E-state index contributed by atoms with van der Waals surface area (Å²) in [5, 5.41) is 22.8. The van der Waals surface area contributed by atoms with Crippen molar-refractivity contribution in [2.75, 3.05) is 0 Å². The second-order valence-electron chi connectivity index (χ2n) is 4.78. The lowest BCUT2D eigenvalue weighted by Crippen LogP contribution is -2.45. The highest BCUT2D eigenvalue weighted by Gasteiger charge is 2.35. The van der Waals surface area contributed by atoms with Crippen LogP contribution in [-0.4, -0.2) is 16.4 Å². The molecule has 2 rings (SSSR count). The SMILES string of the molecule is N#CC1(NC(=O)c2ccc(Br)c([N+](=O)[O-])c2)CCCC1. The van der Waals surface area contributed by atoms with Crippen LogP contribution in [0.3, 0.4) is 0 Å². The molecule has 1 N–H and O–H groups in total. The van der Waals surface area contributed by atoms with E-state index in [0.717, 1.165) is 12.8 Å². The molecule has 20 heavy (non-hydrogen) atoms. The Labute approximate surface area is 124 Å². The molecule has 0 spiro atoms. The second-order valence-corrected chi connectivity index (χ2v) is 5.63. The highest BCUT2D eigenvalue weighted by atomic mass is 79.9. The average molecular weight is 338 g/mol. The van der Waals surface area contributed by atoms with Crippen molar-refractivity contribution >= 4 is 27.5 Å². The lowest BCUT2D eigenvalue weighted by Gasteiger charge is -2.21. The molecule has 1 aliphatic rings. The van der Waals surface area contributed by atoms with Gasteiger partial charge in [0.1, 0.15) is 5.54 Å². The summed E-state index contributed by atoms with van der Waals surface area (Å²) in [6, 6.07) is 6.31. The topological polar surface area (TPSA) is 96.0 Å². The fourth-order valence-electron chi connectivity index (χ4n) is 2.33. The predicted molar refractivity (Wildman–Crippen MR) is 75.1 cm³/mol. The summed E-state index contributed by atoms with van der Waals surface area (Å²) >= 11 is 3.07. The van der Waals surface area contributed by atoms with Crippen molar-refractivity contribution in [2.24, 2.45) is 0 Å². The van der Waals surface area contributed by atoms with E-state index in [1.165, 1.54) is 18.2 Å². The van der Waals surface area contributed by atoms with Crippen LogP contribution in [0.2, 0.25) is 0 Å². The Kier molecular flexibility index (Phi) is 4.04. The van der Waals surface area contributed by atoms with Crippen LogP contribution < -0.4 is 5.32 Å². The third-order valence-corrected chi connectivity index (χ3v) is 4.10. The zero-order valence-electron chi connectivity index (χ0n) is 10.6. The number of carbonyl (C=O) groups is 1. The molecule has 0 saturated heterocycles. The average Bonchev–Trinajstić information content (AvgIpc) is 2.88. The first-order chi connectivity index (χ1) is 9.47. The zero-order valence-corrected chi connectivity index (χ0v) is 12.1. The molecule has 0 heterocycles. The van der Waals surface area contributed by atoms with E-state index in [1.54, 1.807) is 0 Å². The normalized spacial score (nSPS) is 16.4. The highest BCUT2D eigenvalue weighted by Crippen LogP contribution is 2.30. The first kappa shape index (κ1) is 14.5. The van der Waals surface area contributed by atoms with Crippen molar-refractivity contribution in [2.45, 2.75) is 31.2 Å². The van der Waals surface area contributed by atoms with Crippen LogP contribution in [0.4, 0.5) is 5.69 Å². The van der Waals surface area contributed by atoms with Crippen LogP contribution in [0.25, 0.3) is 0 Å². The van der Waals surface area contributed by atoms with E-state index >= 15 is 0 Å². The van der Waals surface area contributed by atoms with Gasteiger partial charge in [0.05, 0.1) is 15.5 Å². The van der Waals surface area contributed by atoms with E-state index in [9.17, 15) is 20.2 Å². The lowest BCUT2D eigenvalue weighted by atomic mass is 9.99. The van der Waals surface area contributed by atoms with Crippen LogP contribution in [0, 0.1) is 21.4 Å². The molecule has 0 radical (unpaired) electrons. The fourth-order valence-corrected chi connectivity index (χ4v) is 2.72. The predicted octanol–water partition coefficient (Wildman–Crippen LogP) is 2.92. The van der Waals surface area contributed by atoms with E-state index in [0.29, 0.717) is 17.3 Å². The van der Waals surface area contributed by atoms with E-state index < -0.39 is 16.4 Å². The number of nitriles is 1. The van der Waals surface area contributed by atoms with E-state index in [4.69, 9.17) is 0 Å². The smallest absolute Gasteiger partial charge is 0.284 e. The third-order valence-electron chi connectivity index (χ3n) is 3.43. The maximum atomic E-state index is 12.2. The number of benzene rings is 1. The van der Waals surface area contributed by atoms with Gasteiger partial charge in [-0.3, -0.25) is 14.9 Å². The second kappa shape index (κ2) is 5.59. The minimum atomic E-state index is -0.834. The number of hydrogen-bond donors (Lipinski definition) is 1. The summed E-state index contributed by atoms with van der Waals surface area (Å²) in [5.41, 5.74) is -0.824. The number of nitrogens with one attached hydrogen (secondary N) is 1. The van der Waals surface area contributed by atoms with Gasteiger partial charge in [0.25, 0.3) is 11.6 Å². The molecule has 0 bridgehead atoms. The Bertz CT molecular complexity index is 603. The molecule has 0 atom stereocenters. The minimum Gasteiger partial charge on any atom is -0.334 e. The van der Waals surface area contributed by atoms with Gasteiger partial charge in [0.2, 0.25) is 0 Å².